The summed E-state index contributed by atoms with van der Waals surface area (Å²) >= 11 is 0. The van der Waals surface area contributed by atoms with E-state index in [1.165, 1.54) is 17.8 Å². The summed E-state index contributed by atoms with van der Waals surface area (Å²) in [4.78, 5) is 5.98. The maximum absolute atomic E-state index is 13.1. The van der Waals surface area contributed by atoms with Gasteiger partial charge < -0.3 is 10.0 Å². The zero-order valence-corrected chi connectivity index (χ0v) is 10.9. The number of pyridine rings is 1. The molecular formula is C15H17FN2O. The van der Waals surface area contributed by atoms with Gasteiger partial charge in [0.1, 0.15) is 11.6 Å². The van der Waals surface area contributed by atoms with Gasteiger partial charge in [-0.15, -0.1) is 0 Å². The summed E-state index contributed by atoms with van der Waals surface area (Å²) in [5.74, 6) is 0.198. The molecule has 2 rings (SSSR count). The number of nitrogens with zero attached hydrogens (tertiary/aromatic N) is 2. The van der Waals surface area contributed by atoms with Crippen molar-refractivity contribution in [2.24, 2.45) is 0 Å². The van der Waals surface area contributed by atoms with E-state index >= 15 is 0 Å². The monoisotopic (exact) mass is 260 g/mol. The molecule has 0 spiro atoms. The zero-order valence-electron chi connectivity index (χ0n) is 10.9. The number of aliphatic hydroxyl groups excluding tert-OH is 1. The van der Waals surface area contributed by atoms with Crippen LogP contribution in [0.1, 0.15) is 11.1 Å². The first-order valence-electron chi connectivity index (χ1n) is 6.21. The van der Waals surface area contributed by atoms with E-state index in [0.29, 0.717) is 11.4 Å². The van der Waals surface area contributed by atoms with Crippen LogP contribution in [0, 0.1) is 5.82 Å². The number of anilines is 1. The van der Waals surface area contributed by atoms with Crippen LogP contribution < -0.4 is 4.90 Å². The Morgan fingerprint density at radius 1 is 1.26 bits per heavy atom. The van der Waals surface area contributed by atoms with Crippen molar-refractivity contribution in [3.63, 3.8) is 0 Å². The van der Waals surface area contributed by atoms with Gasteiger partial charge in [-0.05, 0) is 18.1 Å². The lowest BCUT2D eigenvalue weighted by molar-refractivity contribution is 0.281. The highest BCUT2D eigenvalue weighted by molar-refractivity contribution is 5.46. The Hall–Kier alpha value is -1.94. The molecule has 1 N–H and O–H groups in total. The highest BCUT2D eigenvalue weighted by Crippen LogP contribution is 2.17. The molecule has 0 aliphatic carbocycles. The average molecular weight is 260 g/mol. The fourth-order valence-corrected chi connectivity index (χ4v) is 1.98. The Morgan fingerprint density at radius 2 is 2.00 bits per heavy atom. The van der Waals surface area contributed by atoms with Gasteiger partial charge >= 0.3 is 0 Å². The van der Waals surface area contributed by atoms with E-state index in [1.807, 2.05) is 30.1 Å². The standard InChI is InChI=1S/C15H17FN2O/c1-18(8-7-12-5-3-2-4-6-12)15-13(11-19)9-14(16)10-17-15/h2-6,9-10,19H,7-8,11H2,1H3. The van der Waals surface area contributed by atoms with Gasteiger partial charge in [0.2, 0.25) is 0 Å². The van der Waals surface area contributed by atoms with Gasteiger partial charge in [-0.2, -0.15) is 0 Å². The fourth-order valence-electron chi connectivity index (χ4n) is 1.98. The predicted molar refractivity (Wildman–Crippen MR) is 73.5 cm³/mol. The van der Waals surface area contributed by atoms with Crippen LogP contribution in [0.2, 0.25) is 0 Å². The Bertz CT molecular complexity index is 531. The Labute approximate surface area is 112 Å². The molecule has 100 valence electrons. The van der Waals surface area contributed by atoms with E-state index in [2.05, 4.69) is 17.1 Å². The summed E-state index contributed by atoms with van der Waals surface area (Å²) in [7, 11) is 1.89. The minimum absolute atomic E-state index is 0.213. The second-order valence-corrected chi connectivity index (χ2v) is 4.45. The number of likely N-dealkylation sites (N-methyl/N-ethyl adjacent to an activating group) is 1. The number of benzene rings is 1. The largest absolute Gasteiger partial charge is 0.392 e. The van der Waals surface area contributed by atoms with Gasteiger partial charge in [0.05, 0.1) is 12.8 Å². The van der Waals surface area contributed by atoms with E-state index in [-0.39, 0.29) is 6.61 Å². The first-order valence-corrected chi connectivity index (χ1v) is 6.21. The number of aromatic nitrogens is 1. The Balaban J connectivity index is 2.05. The number of aliphatic hydroxyl groups is 1. The molecule has 0 atom stereocenters. The molecule has 0 saturated carbocycles. The van der Waals surface area contributed by atoms with E-state index in [9.17, 15) is 9.50 Å². The highest BCUT2D eigenvalue weighted by Gasteiger charge is 2.09. The fraction of sp³-hybridized carbons (Fsp3) is 0.267. The third-order valence-corrected chi connectivity index (χ3v) is 3.02. The molecule has 2 aromatic rings. The first kappa shape index (κ1) is 13.5. The van der Waals surface area contributed by atoms with Gasteiger partial charge in [0.25, 0.3) is 0 Å². The van der Waals surface area contributed by atoms with E-state index < -0.39 is 5.82 Å². The van der Waals surface area contributed by atoms with E-state index in [1.54, 1.807) is 0 Å². The number of hydrogen-bond donors (Lipinski definition) is 1. The van der Waals surface area contributed by atoms with Crippen LogP contribution in [0.15, 0.2) is 42.6 Å². The summed E-state index contributed by atoms with van der Waals surface area (Å²) in [5, 5.41) is 9.24. The molecule has 0 aliphatic rings. The normalized spacial score (nSPS) is 10.5. The van der Waals surface area contributed by atoms with Crippen molar-refractivity contribution in [2.75, 3.05) is 18.5 Å². The topological polar surface area (TPSA) is 36.4 Å². The van der Waals surface area contributed by atoms with Gasteiger partial charge in [0.15, 0.2) is 0 Å². The highest BCUT2D eigenvalue weighted by atomic mass is 19.1. The van der Waals surface area contributed by atoms with Crippen molar-refractivity contribution in [2.45, 2.75) is 13.0 Å². The Kier molecular flexibility index (Phi) is 4.47. The molecular weight excluding hydrogens is 243 g/mol. The number of halogens is 1. The van der Waals surface area contributed by atoms with Gasteiger partial charge in [0, 0.05) is 19.2 Å². The molecule has 4 heteroatoms. The predicted octanol–water partition coefficient (Wildman–Crippen LogP) is 2.39. The van der Waals surface area contributed by atoms with Crippen molar-refractivity contribution < 1.29 is 9.50 Å². The number of hydrogen-bond acceptors (Lipinski definition) is 3. The van der Waals surface area contributed by atoms with Crippen molar-refractivity contribution in [3.05, 3.63) is 59.5 Å². The molecule has 3 nitrogen and oxygen atoms in total. The summed E-state index contributed by atoms with van der Waals surface area (Å²) in [5.41, 5.74) is 1.75. The number of rotatable bonds is 5. The molecule has 0 saturated heterocycles. The summed E-state index contributed by atoms with van der Waals surface area (Å²) < 4.78 is 13.1. The van der Waals surface area contributed by atoms with E-state index in [0.717, 1.165) is 13.0 Å². The maximum atomic E-state index is 13.1. The lowest BCUT2D eigenvalue weighted by Gasteiger charge is -2.20. The third-order valence-electron chi connectivity index (χ3n) is 3.02. The second-order valence-electron chi connectivity index (χ2n) is 4.45. The quantitative estimate of drug-likeness (QED) is 0.896. The smallest absolute Gasteiger partial charge is 0.142 e. The van der Waals surface area contributed by atoms with Crippen LogP contribution in [0.3, 0.4) is 0 Å². The van der Waals surface area contributed by atoms with Crippen LogP contribution in [0.4, 0.5) is 10.2 Å². The van der Waals surface area contributed by atoms with Crippen LogP contribution in [-0.2, 0) is 13.0 Å². The molecule has 1 aromatic carbocycles. The molecule has 0 aliphatic heterocycles. The molecule has 0 amide bonds. The maximum Gasteiger partial charge on any atom is 0.142 e. The van der Waals surface area contributed by atoms with Crippen molar-refractivity contribution in [1.82, 2.24) is 4.98 Å². The summed E-state index contributed by atoms with van der Waals surface area (Å²) in [6, 6.07) is 11.5. The molecule has 0 unspecified atom stereocenters. The molecule has 0 fully saturated rings. The van der Waals surface area contributed by atoms with Crippen LogP contribution in [0.25, 0.3) is 0 Å². The van der Waals surface area contributed by atoms with Crippen LogP contribution in [0.5, 0.6) is 0 Å². The minimum Gasteiger partial charge on any atom is -0.392 e. The van der Waals surface area contributed by atoms with Crippen LogP contribution >= 0.6 is 0 Å². The third kappa shape index (κ3) is 3.51. The SMILES string of the molecule is CN(CCc1ccccc1)c1ncc(F)cc1CO. The van der Waals surface area contributed by atoms with Gasteiger partial charge in [-0.3, -0.25) is 0 Å². The zero-order chi connectivity index (χ0) is 13.7. The molecule has 1 heterocycles. The van der Waals surface area contributed by atoms with Crippen molar-refractivity contribution in [3.8, 4) is 0 Å². The molecule has 1 aromatic heterocycles. The molecule has 0 radical (unpaired) electrons. The van der Waals surface area contributed by atoms with Crippen molar-refractivity contribution in [1.29, 1.82) is 0 Å². The van der Waals surface area contributed by atoms with Gasteiger partial charge in [-0.25, -0.2) is 9.37 Å². The lowest BCUT2D eigenvalue weighted by atomic mass is 10.1. The summed E-state index contributed by atoms with van der Waals surface area (Å²) in [6.07, 6.45) is 2.05. The molecule has 0 bridgehead atoms. The summed E-state index contributed by atoms with van der Waals surface area (Å²) in [6.45, 7) is 0.547. The van der Waals surface area contributed by atoms with Crippen LogP contribution in [-0.4, -0.2) is 23.7 Å². The minimum atomic E-state index is -0.427. The van der Waals surface area contributed by atoms with Crippen molar-refractivity contribution >= 4 is 5.82 Å². The second kappa shape index (κ2) is 6.29. The van der Waals surface area contributed by atoms with E-state index in [4.69, 9.17) is 0 Å². The lowest BCUT2D eigenvalue weighted by Crippen LogP contribution is -2.23. The van der Waals surface area contributed by atoms with Gasteiger partial charge in [-0.1, -0.05) is 30.3 Å². The molecule has 19 heavy (non-hydrogen) atoms. The first-order chi connectivity index (χ1) is 9.20. The Morgan fingerprint density at radius 3 is 2.68 bits per heavy atom. The average Bonchev–Trinajstić information content (AvgIpc) is 2.45.